The lowest BCUT2D eigenvalue weighted by Crippen LogP contribution is -2.24. The van der Waals surface area contributed by atoms with Gasteiger partial charge in [-0.15, -0.1) is 0 Å². The van der Waals surface area contributed by atoms with Crippen molar-refractivity contribution in [1.82, 2.24) is 19.6 Å². The number of rotatable bonds is 4. The largest absolute Gasteiger partial charge is 0.367 e. The first kappa shape index (κ1) is 20.1. The molecule has 1 atom stereocenters. The normalized spacial score (nSPS) is 17.5. The second-order valence-electron chi connectivity index (χ2n) is 9.41. The van der Waals surface area contributed by atoms with Crippen LogP contribution in [0.5, 0.6) is 0 Å². The highest BCUT2D eigenvalue weighted by Crippen LogP contribution is 2.42. The van der Waals surface area contributed by atoms with Crippen molar-refractivity contribution in [2.75, 3.05) is 5.32 Å². The van der Waals surface area contributed by atoms with Crippen LogP contribution in [0.15, 0.2) is 60.6 Å². The van der Waals surface area contributed by atoms with Crippen LogP contribution in [0, 0.1) is 5.82 Å². The van der Waals surface area contributed by atoms with Gasteiger partial charge in [0, 0.05) is 29.4 Å². The number of hydrogen-bond acceptors (Lipinski definition) is 4. The number of halogens is 1. The lowest BCUT2D eigenvalue weighted by atomic mass is 9.88. The van der Waals surface area contributed by atoms with Crippen LogP contribution in [-0.2, 0) is 6.42 Å². The molecule has 166 valence electrons. The standard InChI is InChI=1S/C27H26FN5/c1-16(2)24-15-30-33-26(12-25(32-27(24)33)19-10-20(28)14-29-13-19)31-21-8-7-18-9-17-5-3-4-6-22(17)23(18)11-21/h3-6,10,12-16,21,31H,7-9,11H2,1-2H3/t21-/m1/s1. The van der Waals surface area contributed by atoms with E-state index in [4.69, 9.17) is 4.98 Å². The Bertz CT molecular complexity index is 1400. The number of pyridine rings is 1. The van der Waals surface area contributed by atoms with Gasteiger partial charge in [-0.1, -0.05) is 43.7 Å². The fraction of sp³-hybridized carbons (Fsp3) is 0.296. The van der Waals surface area contributed by atoms with Gasteiger partial charge in [-0.3, -0.25) is 4.98 Å². The second kappa shape index (κ2) is 7.80. The maximum Gasteiger partial charge on any atom is 0.161 e. The van der Waals surface area contributed by atoms with Gasteiger partial charge < -0.3 is 5.32 Å². The SMILES string of the molecule is CC(C)c1cnn2c(N[C@@H]3CCC4=C(C3)c3ccccc3C4)cc(-c3cncc(F)c3)nc12. The summed E-state index contributed by atoms with van der Waals surface area (Å²) in [5.74, 6) is 0.792. The number of nitrogens with one attached hydrogen (secondary N) is 1. The zero-order chi connectivity index (χ0) is 22.5. The van der Waals surface area contributed by atoms with Gasteiger partial charge in [0.25, 0.3) is 0 Å². The van der Waals surface area contributed by atoms with Crippen molar-refractivity contribution in [2.24, 2.45) is 0 Å². The molecular formula is C27H26FN5. The number of benzene rings is 1. The third-order valence-electron chi connectivity index (χ3n) is 6.89. The minimum atomic E-state index is -0.368. The van der Waals surface area contributed by atoms with Crippen LogP contribution in [0.2, 0.25) is 0 Å². The van der Waals surface area contributed by atoms with Crippen LogP contribution in [-0.4, -0.2) is 25.6 Å². The topological polar surface area (TPSA) is 55.1 Å². The van der Waals surface area contributed by atoms with Crippen molar-refractivity contribution in [3.63, 3.8) is 0 Å². The van der Waals surface area contributed by atoms with Gasteiger partial charge in [0.1, 0.15) is 11.6 Å². The van der Waals surface area contributed by atoms with E-state index < -0.39 is 0 Å². The lowest BCUT2D eigenvalue weighted by molar-refractivity contribution is 0.622. The maximum absolute atomic E-state index is 13.9. The van der Waals surface area contributed by atoms with Crippen LogP contribution < -0.4 is 5.32 Å². The Morgan fingerprint density at radius 1 is 1.12 bits per heavy atom. The summed E-state index contributed by atoms with van der Waals surface area (Å²) in [6.45, 7) is 4.27. The molecular weight excluding hydrogens is 413 g/mol. The highest BCUT2D eigenvalue weighted by molar-refractivity contribution is 5.78. The van der Waals surface area contributed by atoms with Crippen LogP contribution in [0.4, 0.5) is 10.2 Å². The number of fused-ring (bicyclic) bond motifs is 3. The summed E-state index contributed by atoms with van der Waals surface area (Å²) in [6.07, 6.45) is 9.02. The molecule has 2 aliphatic carbocycles. The van der Waals surface area contributed by atoms with Crippen molar-refractivity contribution in [1.29, 1.82) is 0 Å². The highest BCUT2D eigenvalue weighted by atomic mass is 19.1. The molecule has 2 aliphatic rings. The molecule has 0 aliphatic heterocycles. The highest BCUT2D eigenvalue weighted by Gasteiger charge is 2.28. The van der Waals surface area contributed by atoms with Gasteiger partial charge in [-0.2, -0.15) is 9.61 Å². The van der Waals surface area contributed by atoms with E-state index in [1.807, 2.05) is 16.8 Å². The van der Waals surface area contributed by atoms with Crippen molar-refractivity contribution in [3.8, 4) is 11.3 Å². The number of allylic oxidation sites excluding steroid dienone is 1. The minimum absolute atomic E-state index is 0.279. The summed E-state index contributed by atoms with van der Waals surface area (Å²) in [4.78, 5) is 8.87. The average molecular weight is 440 g/mol. The van der Waals surface area contributed by atoms with E-state index in [1.165, 1.54) is 29.0 Å². The molecule has 0 saturated heterocycles. The van der Waals surface area contributed by atoms with E-state index >= 15 is 0 Å². The molecule has 6 heteroatoms. The fourth-order valence-electron chi connectivity index (χ4n) is 5.21. The quantitative estimate of drug-likeness (QED) is 0.422. The zero-order valence-electron chi connectivity index (χ0n) is 18.8. The molecule has 0 fully saturated rings. The predicted molar refractivity (Wildman–Crippen MR) is 129 cm³/mol. The van der Waals surface area contributed by atoms with E-state index in [0.29, 0.717) is 17.3 Å². The molecule has 1 aromatic carbocycles. The van der Waals surface area contributed by atoms with Gasteiger partial charge >= 0.3 is 0 Å². The van der Waals surface area contributed by atoms with E-state index in [-0.39, 0.29) is 11.7 Å². The van der Waals surface area contributed by atoms with Gasteiger partial charge in [0.15, 0.2) is 5.65 Å². The molecule has 0 amide bonds. The summed E-state index contributed by atoms with van der Waals surface area (Å²) >= 11 is 0. The van der Waals surface area contributed by atoms with Crippen molar-refractivity contribution < 1.29 is 4.39 Å². The smallest absolute Gasteiger partial charge is 0.161 e. The molecule has 3 heterocycles. The lowest BCUT2D eigenvalue weighted by Gasteiger charge is -2.26. The van der Waals surface area contributed by atoms with Crippen molar-refractivity contribution >= 4 is 17.0 Å². The third-order valence-corrected chi connectivity index (χ3v) is 6.89. The molecule has 0 unspecified atom stereocenters. The Labute approximate surface area is 192 Å². The predicted octanol–water partition coefficient (Wildman–Crippen LogP) is 6.03. The first-order valence-electron chi connectivity index (χ1n) is 11.6. The molecule has 0 spiro atoms. The Hall–Kier alpha value is -3.54. The van der Waals surface area contributed by atoms with Gasteiger partial charge in [0.05, 0.1) is 18.1 Å². The molecule has 33 heavy (non-hydrogen) atoms. The summed E-state index contributed by atoms with van der Waals surface area (Å²) in [5, 5.41) is 8.41. The van der Waals surface area contributed by atoms with Crippen molar-refractivity contribution in [2.45, 2.75) is 51.5 Å². The number of hydrogen-bond donors (Lipinski definition) is 1. The molecule has 6 rings (SSSR count). The van der Waals surface area contributed by atoms with Gasteiger partial charge in [-0.05, 0) is 54.4 Å². The van der Waals surface area contributed by atoms with E-state index in [1.54, 1.807) is 11.8 Å². The first-order valence-corrected chi connectivity index (χ1v) is 11.6. The summed E-state index contributed by atoms with van der Waals surface area (Å²) in [5.41, 5.74) is 9.17. The second-order valence-corrected chi connectivity index (χ2v) is 9.41. The zero-order valence-corrected chi connectivity index (χ0v) is 18.8. The van der Waals surface area contributed by atoms with Crippen LogP contribution in [0.1, 0.15) is 55.7 Å². The Balaban J connectivity index is 1.38. The molecule has 3 aromatic heterocycles. The van der Waals surface area contributed by atoms with E-state index in [2.05, 4.69) is 53.5 Å². The number of aromatic nitrogens is 4. The summed E-state index contributed by atoms with van der Waals surface area (Å²) in [6, 6.07) is 12.5. The fourth-order valence-corrected chi connectivity index (χ4v) is 5.21. The molecule has 1 N–H and O–H groups in total. The van der Waals surface area contributed by atoms with E-state index in [9.17, 15) is 4.39 Å². The Kier molecular flexibility index (Phi) is 4.75. The Morgan fingerprint density at radius 3 is 2.85 bits per heavy atom. The minimum Gasteiger partial charge on any atom is -0.367 e. The molecule has 5 nitrogen and oxygen atoms in total. The third kappa shape index (κ3) is 3.50. The molecule has 0 saturated carbocycles. The van der Waals surface area contributed by atoms with Crippen molar-refractivity contribution in [3.05, 3.63) is 83.1 Å². The summed E-state index contributed by atoms with van der Waals surface area (Å²) in [7, 11) is 0. The molecule has 0 bridgehead atoms. The average Bonchev–Trinajstić information content (AvgIpc) is 3.41. The number of nitrogens with zero attached hydrogens (tertiary/aromatic N) is 4. The monoisotopic (exact) mass is 439 g/mol. The number of anilines is 1. The van der Waals surface area contributed by atoms with Crippen LogP contribution in [0.3, 0.4) is 0 Å². The van der Waals surface area contributed by atoms with Gasteiger partial charge in [0.2, 0.25) is 0 Å². The van der Waals surface area contributed by atoms with Gasteiger partial charge in [-0.25, -0.2) is 9.37 Å². The first-order chi connectivity index (χ1) is 16.1. The van der Waals surface area contributed by atoms with Crippen LogP contribution >= 0.6 is 0 Å². The maximum atomic E-state index is 13.9. The molecule has 4 aromatic rings. The Morgan fingerprint density at radius 2 is 2.00 bits per heavy atom. The summed E-state index contributed by atoms with van der Waals surface area (Å²) < 4.78 is 15.8. The van der Waals surface area contributed by atoms with Crippen LogP contribution in [0.25, 0.3) is 22.5 Å². The van der Waals surface area contributed by atoms with E-state index in [0.717, 1.165) is 42.7 Å². The molecule has 0 radical (unpaired) electrons.